The van der Waals surface area contributed by atoms with Crippen molar-refractivity contribution in [2.24, 2.45) is 5.73 Å². The van der Waals surface area contributed by atoms with Gasteiger partial charge in [0.25, 0.3) is 5.91 Å². The van der Waals surface area contributed by atoms with Crippen molar-refractivity contribution < 1.29 is 31.1 Å². The average molecular weight is 363 g/mol. The molecule has 3 nitrogen and oxygen atoms in total. The van der Waals surface area contributed by atoms with Crippen LogP contribution in [0.5, 0.6) is 0 Å². The Labute approximate surface area is 133 Å². The van der Waals surface area contributed by atoms with E-state index < -0.39 is 60.1 Å². The normalized spacial score (nSPS) is 21.8. The predicted octanol–water partition coefficient (Wildman–Crippen LogP) is 3.02. The van der Waals surface area contributed by atoms with E-state index in [9.17, 15) is 31.1 Å². The molecule has 1 saturated heterocycles. The predicted molar refractivity (Wildman–Crippen MR) is 71.7 cm³/mol. The van der Waals surface area contributed by atoms with Gasteiger partial charge in [0, 0.05) is 18.2 Å². The summed E-state index contributed by atoms with van der Waals surface area (Å²) in [6, 6.07) is -2.02. The molecule has 1 amide bonds. The fraction of sp³-hybridized carbons (Fsp3) is 0.462. The molecule has 2 unspecified atom stereocenters. The minimum Gasteiger partial charge on any atom is -0.326 e. The number of nitrogens with zero attached hydrogens (tertiary/aromatic N) is 1. The van der Waals surface area contributed by atoms with E-state index >= 15 is 0 Å². The number of carbonyl (C=O) groups excluding carboxylic acids is 1. The maximum Gasteiger partial charge on any atom is 0.408 e. The highest BCUT2D eigenvalue weighted by Gasteiger charge is 2.47. The third kappa shape index (κ3) is 4.08. The van der Waals surface area contributed by atoms with Gasteiger partial charge < -0.3 is 10.6 Å². The van der Waals surface area contributed by atoms with Crippen LogP contribution in [-0.2, 0) is 0 Å². The molecule has 1 aliphatic rings. The van der Waals surface area contributed by atoms with E-state index in [0.29, 0.717) is 17.0 Å². The highest BCUT2D eigenvalue weighted by Crippen LogP contribution is 2.32. The molecule has 2 atom stereocenters. The summed E-state index contributed by atoms with van der Waals surface area (Å²) in [4.78, 5) is 12.6. The Balaban J connectivity index is 0.00000264. The monoisotopic (exact) mass is 362 g/mol. The number of amides is 1. The minimum atomic E-state index is -4.69. The number of benzene rings is 1. The molecule has 2 rings (SSSR count). The fourth-order valence-electron chi connectivity index (χ4n) is 2.41. The summed E-state index contributed by atoms with van der Waals surface area (Å²) in [5, 5.41) is 0. The van der Waals surface area contributed by atoms with Gasteiger partial charge in [0.15, 0.2) is 17.5 Å². The summed E-state index contributed by atoms with van der Waals surface area (Å²) in [6.07, 6.45) is -5.02. The van der Waals surface area contributed by atoms with Crippen molar-refractivity contribution in [1.82, 2.24) is 4.90 Å². The Kier molecular flexibility index (Phi) is 5.92. The molecule has 2 N–H and O–H groups in total. The molecule has 0 saturated carbocycles. The van der Waals surface area contributed by atoms with E-state index in [1.54, 1.807) is 0 Å². The quantitative estimate of drug-likeness (QED) is 0.616. The number of halogens is 7. The third-order valence-electron chi connectivity index (χ3n) is 3.49. The van der Waals surface area contributed by atoms with E-state index in [2.05, 4.69) is 0 Å². The number of hydrogen-bond donors (Lipinski definition) is 1. The molecule has 10 heteroatoms. The van der Waals surface area contributed by atoms with Crippen LogP contribution in [0.4, 0.5) is 26.3 Å². The van der Waals surface area contributed by atoms with E-state index in [1.165, 1.54) is 0 Å². The second-order valence-corrected chi connectivity index (χ2v) is 5.11. The zero-order valence-electron chi connectivity index (χ0n) is 11.5. The lowest BCUT2D eigenvalue weighted by Crippen LogP contribution is -2.56. The van der Waals surface area contributed by atoms with Gasteiger partial charge in [-0.1, -0.05) is 0 Å². The van der Waals surface area contributed by atoms with Crippen LogP contribution in [-0.4, -0.2) is 35.6 Å². The Hall–Kier alpha value is -1.48. The van der Waals surface area contributed by atoms with Gasteiger partial charge >= 0.3 is 6.18 Å². The molecule has 0 spiro atoms. The van der Waals surface area contributed by atoms with Gasteiger partial charge in [-0.15, -0.1) is 12.4 Å². The van der Waals surface area contributed by atoms with Crippen LogP contribution < -0.4 is 5.73 Å². The molecule has 0 aliphatic carbocycles. The lowest BCUT2D eigenvalue weighted by molar-refractivity contribution is -0.184. The van der Waals surface area contributed by atoms with Crippen molar-refractivity contribution in [1.29, 1.82) is 0 Å². The van der Waals surface area contributed by atoms with Crippen LogP contribution in [0, 0.1) is 17.5 Å². The molecule has 23 heavy (non-hydrogen) atoms. The molecule has 0 bridgehead atoms. The van der Waals surface area contributed by atoms with E-state index in [1.807, 2.05) is 0 Å². The molecular weight excluding hydrogens is 350 g/mol. The molecule has 1 heterocycles. The number of likely N-dealkylation sites (tertiary alicyclic amines) is 1. The summed E-state index contributed by atoms with van der Waals surface area (Å²) < 4.78 is 78.1. The van der Waals surface area contributed by atoms with Gasteiger partial charge in [-0.05, 0) is 25.0 Å². The number of alkyl halides is 3. The van der Waals surface area contributed by atoms with Crippen molar-refractivity contribution in [3.8, 4) is 0 Å². The van der Waals surface area contributed by atoms with Gasteiger partial charge in [0.2, 0.25) is 0 Å². The summed E-state index contributed by atoms with van der Waals surface area (Å²) in [6.45, 7) is -0.399. The Morgan fingerprint density at radius 2 is 1.65 bits per heavy atom. The number of hydrogen-bond acceptors (Lipinski definition) is 2. The minimum absolute atomic E-state index is 0. The number of nitrogens with two attached hydrogens (primary N) is 1. The lowest BCUT2D eigenvalue weighted by Gasteiger charge is -2.39. The van der Waals surface area contributed by atoms with Gasteiger partial charge in [-0.25, -0.2) is 13.2 Å². The first-order valence-electron chi connectivity index (χ1n) is 6.39. The second kappa shape index (κ2) is 6.96. The summed E-state index contributed by atoms with van der Waals surface area (Å²) in [5.41, 5.74) is 4.87. The number of rotatable bonds is 1. The zero-order valence-corrected chi connectivity index (χ0v) is 12.4. The maximum atomic E-state index is 13.1. The smallest absolute Gasteiger partial charge is 0.326 e. The van der Waals surface area contributed by atoms with Crippen molar-refractivity contribution >= 4 is 18.3 Å². The SMILES string of the molecule is Cl.NC1CCC(C(F)(F)F)N(C(=O)c2cc(F)c(F)c(F)c2)C1. The Bertz CT molecular complexity index is 571. The van der Waals surface area contributed by atoms with Crippen molar-refractivity contribution in [3.05, 3.63) is 35.1 Å². The zero-order chi connectivity index (χ0) is 16.7. The molecule has 0 radical (unpaired) electrons. The molecule has 130 valence electrons. The molecule has 1 aromatic rings. The van der Waals surface area contributed by atoms with Gasteiger partial charge in [0.05, 0.1) is 0 Å². The van der Waals surface area contributed by atoms with Crippen LogP contribution in [0.3, 0.4) is 0 Å². The summed E-state index contributed by atoms with van der Waals surface area (Å²) >= 11 is 0. The van der Waals surface area contributed by atoms with Crippen LogP contribution >= 0.6 is 12.4 Å². The molecule has 1 fully saturated rings. The average Bonchev–Trinajstić information content (AvgIpc) is 2.42. The van der Waals surface area contributed by atoms with Crippen LogP contribution in [0.2, 0.25) is 0 Å². The fourth-order valence-corrected chi connectivity index (χ4v) is 2.41. The Morgan fingerprint density at radius 1 is 1.13 bits per heavy atom. The topological polar surface area (TPSA) is 46.3 Å². The third-order valence-corrected chi connectivity index (χ3v) is 3.49. The highest BCUT2D eigenvalue weighted by molar-refractivity contribution is 5.94. The number of piperidine rings is 1. The van der Waals surface area contributed by atoms with Gasteiger partial charge in [0.1, 0.15) is 6.04 Å². The summed E-state index contributed by atoms with van der Waals surface area (Å²) in [5.74, 6) is -6.32. The molecule has 1 aromatic carbocycles. The van der Waals surface area contributed by atoms with Gasteiger partial charge in [-0.3, -0.25) is 4.79 Å². The highest BCUT2D eigenvalue weighted by atomic mass is 35.5. The van der Waals surface area contributed by atoms with Crippen LogP contribution in [0.25, 0.3) is 0 Å². The standard InChI is InChI=1S/C13H12F6N2O.ClH/c14-8-3-6(4-9(15)11(8)16)12(22)21-5-7(20)1-2-10(21)13(17,18)19;/h3-4,7,10H,1-2,5,20H2;1H. The van der Waals surface area contributed by atoms with Crippen LogP contribution in [0.1, 0.15) is 23.2 Å². The number of carbonyl (C=O) groups is 1. The first-order chi connectivity index (χ1) is 10.1. The van der Waals surface area contributed by atoms with Crippen LogP contribution in [0.15, 0.2) is 12.1 Å². The first kappa shape index (κ1) is 19.6. The van der Waals surface area contributed by atoms with E-state index in [-0.39, 0.29) is 18.8 Å². The molecule has 0 aromatic heterocycles. The van der Waals surface area contributed by atoms with Crippen molar-refractivity contribution in [2.75, 3.05) is 6.54 Å². The maximum absolute atomic E-state index is 13.1. The molecular formula is C13H13ClF6N2O. The first-order valence-corrected chi connectivity index (χ1v) is 6.39. The largest absolute Gasteiger partial charge is 0.408 e. The van der Waals surface area contributed by atoms with Crippen molar-refractivity contribution in [2.45, 2.75) is 31.1 Å². The van der Waals surface area contributed by atoms with Crippen molar-refractivity contribution in [3.63, 3.8) is 0 Å². The van der Waals surface area contributed by atoms with E-state index in [0.717, 1.165) is 0 Å². The second-order valence-electron chi connectivity index (χ2n) is 5.11. The Morgan fingerprint density at radius 3 is 2.13 bits per heavy atom. The lowest BCUT2D eigenvalue weighted by atomic mass is 9.97. The summed E-state index contributed by atoms with van der Waals surface area (Å²) in [7, 11) is 0. The molecule has 1 aliphatic heterocycles. The van der Waals surface area contributed by atoms with E-state index in [4.69, 9.17) is 5.73 Å². The van der Waals surface area contributed by atoms with Gasteiger partial charge in [-0.2, -0.15) is 13.2 Å².